The summed E-state index contributed by atoms with van der Waals surface area (Å²) in [5.41, 5.74) is 6.12. The summed E-state index contributed by atoms with van der Waals surface area (Å²) in [5.74, 6) is -0.912. The molecule has 35 heavy (non-hydrogen) atoms. The summed E-state index contributed by atoms with van der Waals surface area (Å²) in [6, 6.07) is 7.76. The molecule has 2 aromatic carbocycles. The zero-order valence-corrected chi connectivity index (χ0v) is 19.1. The Balaban J connectivity index is 1.43. The number of nitrogens with one attached hydrogen (secondary N) is 4. The Hall–Kier alpha value is -4.22. The number of hydrazone groups is 1. The Morgan fingerprint density at radius 2 is 2.09 bits per heavy atom. The first kappa shape index (κ1) is 22.6. The van der Waals surface area contributed by atoms with Crippen molar-refractivity contribution in [2.75, 3.05) is 11.9 Å². The van der Waals surface area contributed by atoms with Crippen molar-refractivity contribution < 1.29 is 18.7 Å². The van der Waals surface area contributed by atoms with Crippen molar-refractivity contribution in [2.24, 2.45) is 12.1 Å². The van der Waals surface area contributed by atoms with Gasteiger partial charge in [0.1, 0.15) is 24.2 Å². The van der Waals surface area contributed by atoms with Crippen LogP contribution in [0.4, 0.5) is 10.1 Å². The molecule has 0 spiro atoms. The number of anilines is 1. The highest BCUT2D eigenvalue weighted by Gasteiger charge is 2.24. The predicted molar refractivity (Wildman–Crippen MR) is 129 cm³/mol. The first-order chi connectivity index (χ1) is 16.9. The van der Waals surface area contributed by atoms with Gasteiger partial charge in [0.2, 0.25) is 5.91 Å². The summed E-state index contributed by atoms with van der Waals surface area (Å²) in [6.07, 6.45) is 5.12. The lowest BCUT2D eigenvalue weighted by atomic mass is 10.0. The van der Waals surface area contributed by atoms with Crippen molar-refractivity contribution in [1.29, 1.82) is 0 Å². The molecule has 10 nitrogen and oxygen atoms in total. The van der Waals surface area contributed by atoms with Crippen molar-refractivity contribution >= 4 is 46.4 Å². The SMILES string of the molecule is Cn1cc(-c2[nH]c3cc(NC(=O)[C@@H](COc4ccc(F)cc4)NCl)cc4c3c2C=NNC4=O)cn1. The summed E-state index contributed by atoms with van der Waals surface area (Å²) >= 11 is 5.78. The minimum Gasteiger partial charge on any atom is -0.491 e. The van der Waals surface area contributed by atoms with Crippen LogP contribution in [0.1, 0.15) is 15.9 Å². The Bertz CT molecular complexity index is 1460. The average Bonchev–Trinajstić information content (AvgIpc) is 3.38. The van der Waals surface area contributed by atoms with E-state index in [0.717, 1.165) is 16.8 Å². The molecule has 4 N–H and O–H groups in total. The van der Waals surface area contributed by atoms with Crippen LogP contribution in [0.25, 0.3) is 22.2 Å². The molecule has 0 bridgehead atoms. The van der Waals surface area contributed by atoms with Crippen molar-refractivity contribution in [3.05, 3.63) is 65.7 Å². The van der Waals surface area contributed by atoms with E-state index in [0.29, 0.717) is 27.9 Å². The van der Waals surface area contributed by atoms with Crippen molar-refractivity contribution in [3.63, 3.8) is 0 Å². The fourth-order valence-electron chi connectivity index (χ4n) is 3.83. The van der Waals surface area contributed by atoms with Crippen LogP contribution in [0.15, 0.2) is 53.9 Å². The van der Waals surface area contributed by atoms with Gasteiger partial charge < -0.3 is 15.0 Å². The van der Waals surface area contributed by atoms with Crippen molar-refractivity contribution in [3.8, 4) is 17.0 Å². The highest BCUT2D eigenvalue weighted by Crippen LogP contribution is 2.34. The van der Waals surface area contributed by atoms with Crippen LogP contribution in [-0.4, -0.2) is 45.4 Å². The van der Waals surface area contributed by atoms with Gasteiger partial charge in [0.25, 0.3) is 5.91 Å². The number of ether oxygens (including phenoxy) is 1. The molecule has 0 aliphatic carbocycles. The van der Waals surface area contributed by atoms with Crippen LogP contribution < -0.4 is 20.3 Å². The Morgan fingerprint density at radius 3 is 2.80 bits per heavy atom. The lowest BCUT2D eigenvalue weighted by Crippen LogP contribution is -2.40. The quantitative estimate of drug-likeness (QED) is 0.293. The van der Waals surface area contributed by atoms with Crippen molar-refractivity contribution in [1.82, 2.24) is 25.0 Å². The fourth-order valence-corrected chi connectivity index (χ4v) is 3.99. The molecular formula is C23H19ClFN7O3. The van der Waals surface area contributed by atoms with Crippen LogP contribution in [0.2, 0.25) is 0 Å². The van der Waals surface area contributed by atoms with E-state index in [1.165, 1.54) is 24.3 Å². The molecule has 1 aliphatic heterocycles. The highest BCUT2D eigenvalue weighted by atomic mass is 35.5. The minimum absolute atomic E-state index is 0.109. The number of nitrogens with zero attached hydrogens (tertiary/aromatic N) is 3. The van der Waals surface area contributed by atoms with Crippen LogP contribution >= 0.6 is 11.8 Å². The van der Waals surface area contributed by atoms with Crippen LogP contribution in [-0.2, 0) is 11.8 Å². The summed E-state index contributed by atoms with van der Waals surface area (Å²) in [6.45, 7) is -0.109. The molecule has 0 unspecified atom stereocenters. The maximum Gasteiger partial charge on any atom is 0.272 e. The fraction of sp³-hybridized carbons (Fsp3) is 0.130. The van der Waals surface area contributed by atoms with Crippen LogP contribution in [0, 0.1) is 5.82 Å². The van der Waals surface area contributed by atoms with E-state index >= 15 is 0 Å². The molecule has 4 aromatic rings. The number of H-pyrrole nitrogens is 1. The van der Waals surface area contributed by atoms with E-state index in [4.69, 9.17) is 16.5 Å². The van der Waals surface area contributed by atoms with Crippen molar-refractivity contribution in [2.45, 2.75) is 6.04 Å². The molecule has 2 aromatic heterocycles. The number of carbonyl (C=O) groups is 2. The topological polar surface area (TPSA) is 125 Å². The number of halogens is 2. The zero-order chi connectivity index (χ0) is 24.5. The van der Waals surface area contributed by atoms with Gasteiger partial charge in [-0.05, 0) is 48.2 Å². The molecule has 0 fully saturated rings. The minimum atomic E-state index is -0.932. The first-order valence-electron chi connectivity index (χ1n) is 10.5. The monoisotopic (exact) mass is 495 g/mol. The van der Waals surface area contributed by atoms with Gasteiger partial charge in [-0.1, -0.05) is 0 Å². The molecule has 5 rings (SSSR count). The predicted octanol–water partition coefficient (Wildman–Crippen LogP) is 2.91. The highest BCUT2D eigenvalue weighted by molar-refractivity contribution is 6.19. The maximum absolute atomic E-state index is 13.1. The Labute approximate surface area is 203 Å². The zero-order valence-electron chi connectivity index (χ0n) is 18.3. The van der Waals surface area contributed by atoms with E-state index in [1.54, 1.807) is 29.2 Å². The third-order valence-corrected chi connectivity index (χ3v) is 5.74. The molecule has 1 atom stereocenters. The molecule has 0 saturated heterocycles. The number of hydrogen-bond acceptors (Lipinski definition) is 6. The van der Waals surface area contributed by atoms with E-state index in [9.17, 15) is 14.0 Å². The van der Waals surface area contributed by atoms with Gasteiger partial charge in [-0.25, -0.2) is 14.7 Å². The van der Waals surface area contributed by atoms with Crippen LogP contribution in [0.5, 0.6) is 5.75 Å². The van der Waals surface area contributed by atoms with Gasteiger partial charge in [-0.15, -0.1) is 0 Å². The third-order valence-electron chi connectivity index (χ3n) is 5.48. The smallest absolute Gasteiger partial charge is 0.272 e. The van der Waals surface area contributed by atoms with Gasteiger partial charge in [-0.3, -0.25) is 14.3 Å². The Kier molecular flexibility index (Phi) is 5.93. The number of aromatic amines is 1. The molecule has 1 aliphatic rings. The van der Waals surface area contributed by atoms with E-state index in [1.807, 2.05) is 13.2 Å². The lowest BCUT2D eigenvalue weighted by Gasteiger charge is -2.16. The summed E-state index contributed by atoms with van der Waals surface area (Å²) in [7, 11) is 1.81. The first-order valence-corrected chi connectivity index (χ1v) is 10.9. The van der Waals surface area contributed by atoms with Gasteiger partial charge >= 0.3 is 0 Å². The number of carbonyl (C=O) groups excluding carboxylic acids is 2. The van der Waals surface area contributed by atoms with Gasteiger partial charge in [-0.2, -0.15) is 10.2 Å². The summed E-state index contributed by atoms with van der Waals surface area (Å²) in [5, 5.41) is 11.7. The number of amides is 2. The lowest BCUT2D eigenvalue weighted by molar-refractivity contribution is -0.118. The molecule has 3 heterocycles. The number of hydrogen-bond donors (Lipinski definition) is 4. The molecule has 178 valence electrons. The van der Waals surface area contributed by atoms with Gasteiger partial charge in [0.15, 0.2) is 0 Å². The van der Waals surface area contributed by atoms with Crippen LogP contribution in [0.3, 0.4) is 0 Å². The molecule has 2 amide bonds. The normalized spacial score (nSPS) is 13.4. The van der Waals surface area contributed by atoms with Gasteiger partial charge in [0, 0.05) is 41.0 Å². The Morgan fingerprint density at radius 1 is 1.29 bits per heavy atom. The second kappa shape index (κ2) is 9.20. The van der Waals surface area contributed by atoms with Gasteiger partial charge in [0.05, 0.1) is 23.7 Å². The number of aryl methyl sites for hydroxylation is 1. The molecule has 0 radical (unpaired) electrons. The summed E-state index contributed by atoms with van der Waals surface area (Å²) in [4.78, 5) is 31.3. The molecular weight excluding hydrogens is 477 g/mol. The number of benzene rings is 2. The standard InChI is InChI=1S/C23H19ClFN7O3/c1-32-10-12(8-27-32)21-17-9-26-31-22(33)16-6-14(7-18(29-21)20(16)17)28-23(34)19(30-24)11-35-15-4-2-13(25)3-5-15/h2-10,19,29-30H,11H2,1H3,(H,28,34)(H,31,33)/t19-/m1/s1. The largest absolute Gasteiger partial charge is 0.491 e. The second-order valence-electron chi connectivity index (χ2n) is 7.88. The average molecular weight is 496 g/mol. The molecule has 12 heteroatoms. The third kappa shape index (κ3) is 4.46. The number of rotatable bonds is 7. The van der Waals surface area contributed by atoms with E-state index in [2.05, 4.69) is 30.8 Å². The van der Waals surface area contributed by atoms with E-state index < -0.39 is 23.7 Å². The number of aromatic nitrogens is 3. The molecule has 0 saturated carbocycles. The summed E-state index contributed by atoms with van der Waals surface area (Å²) < 4.78 is 20.3. The second-order valence-corrected chi connectivity index (χ2v) is 8.10. The van der Waals surface area contributed by atoms with E-state index in [-0.39, 0.29) is 6.61 Å². The maximum atomic E-state index is 13.1.